The number of para-hydroxylation sites is 1. The van der Waals surface area contributed by atoms with Crippen molar-refractivity contribution in [1.82, 2.24) is 20.2 Å². The van der Waals surface area contributed by atoms with Crippen LogP contribution in [0.15, 0.2) is 30.3 Å². The lowest BCUT2D eigenvalue weighted by Gasteiger charge is -2.37. The highest BCUT2D eigenvalue weighted by atomic mass is 19.4. The lowest BCUT2D eigenvalue weighted by molar-refractivity contribution is -0.199. The molecule has 0 radical (unpaired) electrons. The molecular formula is C15H18F3N5O. The number of hydrogen-bond acceptors (Lipinski definition) is 5. The molecule has 0 bridgehead atoms. The standard InChI is InChI=1S/C15H18F3N5O/c16-15(17,18)11-5-4-8-14(24,9-11)10-19-13-20-21-22-23(13)12-6-2-1-3-7-12/h1-3,6-7,11,24H,4-5,8-10H2,(H,19,20,22). The Morgan fingerprint density at radius 2 is 2.04 bits per heavy atom. The molecule has 0 aliphatic heterocycles. The molecule has 0 amide bonds. The normalized spacial score (nSPS) is 24.8. The second-order valence-electron chi connectivity index (χ2n) is 6.16. The molecule has 6 nitrogen and oxygen atoms in total. The molecular weight excluding hydrogens is 323 g/mol. The molecule has 9 heteroatoms. The molecule has 1 aliphatic rings. The largest absolute Gasteiger partial charge is 0.391 e. The minimum atomic E-state index is -4.28. The Balaban J connectivity index is 1.69. The van der Waals surface area contributed by atoms with Crippen molar-refractivity contribution in [2.75, 3.05) is 11.9 Å². The molecule has 2 unspecified atom stereocenters. The number of hydrogen-bond donors (Lipinski definition) is 2. The van der Waals surface area contributed by atoms with Crippen molar-refractivity contribution in [3.8, 4) is 5.69 Å². The quantitative estimate of drug-likeness (QED) is 0.894. The summed E-state index contributed by atoms with van der Waals surface area (Å²) in [7, 11) is 0. The monoisotopic (exact) mass is 341 g/mol. The molecule has 0 spiro atoms. The van der Waals surface area contributed by atoms with Gasteiger partial charge in [0.05, 0.1) is 17.2 Å². The van der Waals surface area contributed by atoms with E-state index in [2.05, 4.69) is 20.8 Å². The van der Waals surface area contributed by atoms with Gasteiger partial charge in [-0.15, -0.1) is 0 Å². The molecule has 1 heterocycles. The molecule has 0 saturated heterocycles. The Kier molecular flexibility index (Phi) is 4.44. The van der Waals surface area contributed by atoms with E-state index < -0.39 is 17.7 Å². The molecule has 2 N–H and O–H groups in total. The Bertz CT molecular complexity index is 675. The van der Waals surface area contributed by atoms with Crippen LogP contribution in [0.25, 0.3) is 5.69 Å². The zero-order valence-corrected chi connectivity index (χ0v) is 12.9. The Labute approximate surface area is 136 Å². The van der Waals surface area contributed by atoms with Crippen molar-refractivity contribution >= 4 is 5.95 Å². The summed E-state index contributed by atoms with van der Waals surface area (Å²) >= 11 is 0. The topological polar surface area (TPSA) is 75.9 Å². The van der Waals surface area contributed by atoms with Crippen molar-refractivity contribution in [3.05, 3.63) is 30.3 Å². The van der Waals surface area contributed by atoms with Gasteiger partial charge in [0.1, 0.15) is 0 Å². The highest BCUT2D eigenvalue weighted by Crippen LogP contribution is 2.41. The highest BCUT2D eigenvalue weighted by molar-refractivity contribution is 5.38. The van der Waals surface area contributed by atoms with Gasteiger partial charge in [-0.1, -0.05) is 23.3 Å². The second kappa shape index (κ2) is 6.39. The van der Waals surface area contributed by atoms with Gasteiger partial charge in [-0.2, -0.15) is 17.9 Å². The van der Waals surface area contributed by atoms with E-state index in [1.165, 1.54) is 4.68 Å². The number of nitrogens with one attached hydrogen (secondary N) is 1. The van der Waals surface area contributed by atoms with E-state index in [0.29, 0.717) is 18.5 Å². The summed E-state index contributed by atoms with van der Waals surface area (Å²) in [6.07, 6.45) is -3.87. The zero-order chi connectivity index (χ0) is 17.2. The first kappa shape index (κ1) is 16.7. The Morgan fingerprint density at radius 1 is 1.29 bits per heavy atom. The number of anilines is 1. The van der Waals surface area contributed by atoms with E-state index >= 15 is 0 Å². The molecule has 130 valence electrons. The highest BCUT2D eigenvalue weighted by Gasteiger charge is 2.46. The molecule has 1 aromatic heterocycles. The Morgan fingerprint density at radius 3 is 2.75 bits per heavy atom. The fourth-order valence-corrected chi connectivity index (χ4v) is 3.06. The third kappa shape index (κ3) is 3.66. The second-order valence-corrected chi connectivity index (χ2v) is 6.16. The smallest absolute Gasteiger partial charge is 0.388 e. The van der Waals surface area contributed by atoms with Gasteiger partial charge in [0.2, 0.25) is 5.95 Å². The number of aliphatic hydroxyl groups is 1. The van der Waals surface area contributed by atoms with Crippen LogP contribution in [0.1, 0.15) is 25.7 Å². The van der Waals surface area contributed by atoms with Crippen molar-refractivity contribution < 1.29 is 18.3 Å². The van der Waals surface area contributed by atoms with Crippen LogP contribution in [0.5, 0.6) is 0 Å². The first-order valence-corrected chi connectivity index (χ1v) is 7.74. The number of tetrazole rings is 1. The maximum absolute atomic E-state index is 12.9. The van der Waals surface area contributed by atoms with Crippen molar-refractivity contribution in [3.63, 3.8) is 0 Å². The van der Waals surface area contributed by atoms with Crippen molar-refractivity contribution in [1.29, 1.82) is 0 Å². The van der Waals surface area contributed by atoms with Gasteiger partial charge >= 0.3 is 6.18 Å². The predicted molar refractivity (Wildman–Crippen MR) is 80.6 cm³/mol. The third-order valence-electron chi connectivity index (χ3n) is 4.33. The van der Waals surface area contributed by atoms with E-state index in [-0.39, 0.29) is 25.3 Å². The SMILES string of the molecule is OC1(CNc2nnnn2-c2ccccc2)CCCC(C(F)(F)F)C1. The average molecular weight is 341 g/mol. The maximum Gasteiger partial charge on any atom is 0.391 e. The van der Waals surface area contributed by atoms with Crippen LogP contribution in [0.3, 0.4) is 0 Å². The summed E-state index contributed by atoms with van der Waals surface area (Å²) < 4.78 is 40.2. The molecule has 2 atom stereocenters. The number of nitrogens with zero attached hydrogens (tertiary/aromatic N) is 4. The van der Waals surface area contributed by atoms with E-state index in [4.69, 9.17) is 0 Å². The van der Waals surface area contributed by atoms with E-state index in [1.807, 2.05) is 18.2 Å². The fraction of sp³-hybridized carbons (Fsp3) is 0.533. The molecule has 1 fully saturated rings. The van der Waals surface area contributed by atoms with Gasteiger partial charge in [-0.05, 0) is 48.2 Å². The van der Waals surface area contributed by atoms with Crippen LogP contribution >= 0.6 is 0 Å². The Hall–Kier alpha value is -2.16. The minimum Gasteiger partial charge on any atom is -0.388 e. The third-order valence-corrected chi connectivity index (χ3v) is 4.33. The lowest BCUT2D eigenvalue weighted by atomic mass is 9.77. The number of rotatable bonds is 4. The lowest BCUT2D eigenvalue weighted by Crippen LogP contribution is -2.45. The number of benzene rings is 1. The predicted octanol–water partition coefficient (Wildman–Crippen LogP) is 2.56. The summed E-state index contributed by atoms with van der Waals surface area (Å²) in [5.41, 5.74) is -0.708. The molecule has 2 aromatic rings. The maximum atomic E-state index is 12.9. The van der Waals surface area contributed by atoms with E-state index in [1.54, 1.807) is 12.1 Å². The molecule has 1 aliphatic carbocycles. The van der Waals surface area contributed by atoms with Gasteiger partial charge in [-0.25, -0.2) is 0 Å². The molecule has 3 rings (SSSR count). The summed E-state index contributed by atoms with van der Waals surface area (Å²) in [6.45, 7) is -0.0349. The van der Waals surface area contributed by atoms with Crippen molar-refractivity contribution in [2.24, 2.45) is 5.92 Å². The van der Waals surface area contributed by atoms with Gasteiger partial charge in [0.15, 0.2) is 0 Å². The molecule has 24 heavy (non-hydrogen) atoms. The molecule has 1 aromatic carbocycles. The zero-order valence-electron chi connectivity index (χ0n) is 12.9. The van der Waals surface area contributed by atoms with Crippen molar-refractivity contribution in [2.45, 2.75) is 37.5 Å². The van der Waals surface area contributed by atoms with E-state index in [0.717, 1.165) is 0 Å². The van der Waals surface area contributed by atoms with Crippen LogP contribution in [0, 0.1) is 5.92 Å². The van der Waals surface area contributed by atoms with Gasteiger partial charge in [-0.3, -0.25) is 0 Å². The fourth-order valence-electron chi connectivity index (χ4n) is 3.06. The number of aromatic nitrogens is 4. The van der Waals surface area contributed by atoms with Crippen LogP contribution in [-0.2, 0) is 0 Å². The minimum absolute atomic E-state index is 0.0349. The van der Waals surface area contributed by atoms with Crippen LogP contribution < -0.4 is 5.32 Å². The number of halogens is 3. The van der Waals surface area contributed by atoms with Crippen LogP contribution in [0.4, 0.5) is 19.1 Å². The summed E-state index contributed by atoms with van der Waals surface area (Å²) in [5, 5.41) is 24.7. The summed E-state index contributed by atoms with van der Waals surface area (Å²) in [4.78, 5) is 0. The summed E-state index contributed by atoms with van der Waals surface area (Å²) in [6, 6.07) is 9.10. The van der Waals surface area contributed by atoms with Gasteiger partial charge < -0.3 is 10.4 Å². The first-order chi connectivity index (χ1) is 11.4. The number of alkyl halides is 3. The van der Waals surface area contributed by atoms with Gasteiger partial charge in [0.25, 0.3) is 0 Å². The molecule has 1 saturated carbocycles. The van der Waals surface area contributed by atoms with Crippen LogP contribution in [0.2, 0.25) is 0 Å². The van der Waals surface area contributed by atoms with Gasteiger partial charge in [0, 0.05) is 6.54 Å². The average Bonchev–Trinajstić information content (AvgIpc) is 3.02. The first-order valence-electron chi connectivity index (χ1n) is 7.74. The van der Waals surface area contributed by atoms with E-state index in [9.17, 15) is 18.3 Å². The van der Waals surface area contributed by atoms with Crippen LogP contribution in [-0.4, -0.2) is 43.6 Å². The summed E-state index contributed by atoms with van der Waals surface area (Å²) in [5.74, 6) is -1.19.